The Hall–Kier alpha value is -0.670. The van der Waals surface area contributed by atoms with E-state index in [4.69, 9.17) is 0 Å². The third-order valence-corrected chi connectivity index (χ3v) is 0.808. The van der Waals surface area contributed by atoms with E-state index >= 15 is 0 Å². The summed E-state index contributed by atoms with van der Waals surface area (Å²) in [6.45, 7) is 1.01. The lowest BCUT2D eigenvalue weighted by Crippen LogP contribution is -2.11. The van der Waals surface area contributed by atoms with Gasteiger partial charge in [-0.15, -0.1) is 0 Å². The molecule has 1 nitrogen and oxygen atoms in total. The number of allylic oxidation sites excluding steroid dienone is 1. The van der Waals surface area contributed by atoms with Crippen LogP contribution in [0.25, 0.3) is 0 Å². The first-order valence-electron chi connectivity index (χ1n) is 2.39. The lowest BCUT2D eigenvalue weighted by atomic mass is 10.3. The highest BCUT2D eigenvalue weighted by Crippen LogP contribution is 2.23. The molecule has 1 N–H and O–H groups in total. The quantitative estimate of drug-likeness (QED) is 0.582. The second-order valence-corrected chi connectivity index (χ2v) is 1.61. The number of rotatable bonds is 1. The largest absolute Gasteiger partial charge is 0.413 e. The van der Waals surface area contributed by atoms with E-state index in [1.807, 2.05) is 0 Å². The van der Waals surface area contributed by atoms with Crippen molar-refractivity contribution in [2.24, 2.45) is 0 Å². The summed E-state index contributed by atoms with van der Waals surface area (Å²) in [5.74, 6) is 0. The topological polar surface area (TPSA) is 12.0 Å². The molecule has 0 radical (unpaired) electrons. The Kier molecular flexibility index (Phi) is 2.55. The van der Waals surface area contributed by atoms with Gasteiger partial charge >= 0.3 is 6.18 Å². The molecule has 0 saturated carbocycles. The minimum Gasteiger partial charge on any atom is -0.394 e. The summed E-state index contributed by atoms with van der Waals surface area (Å²) >= 11 is 0. The fourth-order valence-corrected chi connectivity index (χ4v) is 0.298. The van der Waals surface area contributed by atoms with Crippen LogP contribution in [0.2, 0.25) is 0 Å². The van der Waals surface area contributed by atoms with Crippen LogP contribution in [0.1, 0.15) is 6.92 Å². The summed E-state index contributed by atoms with van der Waals surface area (Å²) in [6, 6.07) is 0. The standard InChI is InChI=1S/C5H8F3N/c1-4(3-9-2)5(6,7)8/h3,9H,1-2H3/b4-3+. The van der Waals surface area contributed by atoms with Crippen LogP contribution in [-0.2, 0) is 0 Å². The number of alkyl halides is 3. The van der Waals surface area contributed by atoms with Crippen molar-refractivity contribution in [1.29, 1.82) is 0 Å². The van der Waals surface area contributed by atoms with Crippen molar-refractivity contribution in [2.75, 3.05) is 7.05 Å². The Balaban J connectivity index is 4.03. The number of nitrogens with one attached hydrogen (secondary N) is 1. The van der Waals surface area contributed by atoms with Crippen LogP contribution < -0.4 is 5.32 Å². The Morgan fingerprint density at radius 1 is 1.44 bits per heavy atom. The second kappa shape index (κ2) is 2.75. The highest BCUT2D eigenvalue weighted by Gasteiger charge is 2.29. The van der Waals surface area contributed by atoms with Crippen molar-refractivity contribution in [3.05, 3.63) is 11.8 Å². The molecule has 0 fully saturated rings. The van der Waals surface area contributed by atoms with E-state index in [1.165, 1.54) is 7.05 Å². The van der Waals surface area contributed by atoms with Crippen LogP contribution in [0.4, 0.5) is 13.2 Å². The third-order valence-electron chi connectivity index (χ3n) is 0.808. The molecular weight excluding hydrogens is 131 g/mol. The van der Waals surface area contributed by atoms with Crippen LogP contribution >= 0.6 is 0 Å². The zero-order valence-corrected chi connectivity index (χ0v) is 5.21. The van der Waals surface area contributed by atoms with Gasteiger partial charge in [0.15, 0.2) is 0 Å². The predicted molar refractivity (Wildman–Crippen MR) is 28.9 cm³/mol. The summed E-state index contributed by atoms with van der Waals surface area (Å²) in [4.78, 5) is 0. The molecule has 0 amide bonds. The van der Waals surface area contributed by atoms with Crippen LogP contribution in [0.15, 0.2) is 11.8 Å². The number of hydrogen-bond acceptors (Lipinski definition) is 1. The summed E-state index contributed by atoms with van der Waals surface area (Å²) in [6.07, 6.45) is -3.27. The van der Waals surface area contributed by atoms with Gasteiger partial charge in [-0.2, -0.15) is 13.2 Å². The first kappa shape index (κ1) is 8.33. The molecule has 0 aromatic heterocycles. The highest BCUT2D eigenvalue weighted by molar-refractivity contribution is 5.03. The van der Waals surface area contributed by atoms with Crippen LogP contribution in [0.5, 0.6) is 0 Å². The van der Waals surface area contributed by atoms with Gasteiger partial charge in [0.1, 0.15) is 0 Å². The maximum Gasteiger partial charge on any atom is 0.413 e. The SMILES string of the molecule is CN/C=C(\C)C(F)(F)F. The van der Waals surface area contributed by atoms with E-state index in [9.17, 15) is 13.2 Å². The predicted octanol–water partition coefficient (Wildman–Crippen LogP) is 1.67. The zero-order chi connectivity index (χ0) is 7.49. The van der Waals surface area contributed by atoms with Gasteiger partial charge in [0.2, 0.25) is 0 Å². The van der Waals surface area contributed by atoms with Gasteiger partial charge in [0.25, 0.3) is 0 Å². The van der Waals surface area contributed by atoms with E-state index < -0.39 is 11.7 Å². The molecule has 0 saturated heterocycles. The van der Waals surface area contributed by atoms with Crippen molar-refractivity contribution in [2.45, 2.75) is 13.1 Å². The fourth-order valence-electron chi connectivity index (χ4n) is 0.298. The van der Waals surface area contributed by atoms with Gasteiger partial charge < -0.3 is 5.32 Å². The smallest absolute Gasteiger partial charge is 0.394 e. The molecule has 0 atom stereocenters. The molecule has 4 heteroatoms. The van der Waals surface area contributed by atoms with E-state index in [0.717, 1.165) is 13.1 Å². The first-order valence-corrected chi connectivity index (χ1v) is 2.39. The first-order chi connectivity index (χ1) is 3.98. The van der Waals surface area contributed by atoms with Crippen molar-refractivity contribution in [3.8, 4) is 0 Å². The van der Waals surface area contributed by atoms with Crippen molar-refractivity contribution in [1.82, 2.24) is 5.32 Å². The van der Waals surface area contributed by atoms with Gasteiger partial charge in [-0.05, 0) is 6.92 Å². The molecule has 54 valence electrons. The molecule has 0 aliphatic rings. The average molecular weight is 139 g/mol. The minimum absolute atomic E-state index is 0.620. The van der Waals surface area contributed by atoms with Gasteiger partial charge in [0, 0.05) is 18.8 Å². The van der Waals surface area contributed by atoms with Gasteiger partial charge in [-0.1, -0.05) is 0 Å². The maximum atomic E-state index is 11.5. The molecule has 0 bridgehead atoms. The molecule has 0 aromatic carbocycles. The van der Waals surface area contributed by atoms with Crippen molar-refractivity contribution >= 4 is 0 Å². The van der Waals surface area contributed by atoms with Crippen LogP contribution in [0, 0.1) is 0 Å². The van der Waals surface area contributed by atoms with Crippen LogP contribution in [0.3, 0.4) is 0 Å². The normalized spacial score (nSPS) is 13.7. The fraction of sp³-hybridized carbons (Fsp3) is 0.600. The van der Waals surface area contributed by atoms with E-state index in [2.05, 4.69) is 5.32 Å². The Morgan fingerprint density at radius 2 is 1.89 bits per heavy atom. The van der Waals surface area contributed by atoms with E-state index in [0.29, 0.717) is 0 Å². The van der Waals surface area contributed by atoms with Crippen LogP contribution in [-0.4, -0.2) is 13.2 Å². The average Bonchev–Trinajstić information content (AvgIpc) is 1.64. The lowest BCUT2D eigenvalue weighted by molar-refractivity contribution is -0.0916. The van der Waals surface area contributed by atoms with E-state index in [-0.39, 0.29) is 0 Å². The van der Waals surface area contributed by atoms with E-state index in [1.54, 1.807) is 0 Å². The molecule has 0 aromatic rings. The zero-order valence-electron chi connectivity index (χ0n) is 5.21. The Morgan fingerprint density at radius 3 is 2.00 bits per heavy atom. The summed E-state index contributed by atoms with van der Waals surface area (Å²) < 4.78 is 34.6. The third kappa shape index (κ3) is 3.00. The minimum atomic E-state index is -4.19. The molecule has 0 unspecified atom stereocenters. The van der Waals surface area contributed by atoms with Gasteiger partial charge in [-0.25, -0.2) is 0 Å². The van der Waals surface area contributed by atoms with Crippen molar-refractivity contribution in [3.63, 3.8) is 0 Å². The highest BCUT2D eigenvalue weighted by atomic mass is 19.4. The number of halogens is 3. The van der Waals surface area contributed by atoms with Crippen molar-refractivity contribution < 1.29 is 13.2 Å². The summed E-state index contributed by atoms with van der Waals surface area (Å²) in [5, 5.41) is 2.29. The number of hydrogen-bond donors (Lipinski definition) is 1. The molecule has 0 spiro atoms. The molecule has 0 heterocycles. The monoisotopic (exact) mass is 139 g/mol. The Bertz CT molecular complexity index is 114. The molecule has 0 rings (SSSR count). The molecule has 9 heavy (non-hydrogen) atoms. The lowest BCUT2D eigenvalue weighted by Gasteiger charge is -2.04. The van der Waals surface area contributed by atoms with Gasteiger partial charge in [-0.3, -0.25) is 0 Å². The summed E-state index contributed by atoms with van der Waals surface area (Å²) in [7, 11) is 1.43. The maximum absolute atomic E-state index is 11.5. The molecule has 0 aliphatic heterocycles. The molecular formula is C5H8F3N. The second-order valence-electron chi connectivity index (χ2n) is 1.61. The Labute approximate surface area is 51.6 Å². The van der Waals surface area contributed by atoms with Gasteiger partial charge in [0.05, 0.1) is 0 Å². The summed E-state index contributed by atoms with van der Waals surface area (Å²) in [5.41, 5.74) is -0.620. The molecule has 0 aliphatic carbocycles.